The first-order valence-corrected chi connectivity index (χ1v) is 10.0. The molecule has 8 heteroatoms. The lowest BCUT2D eigenvalue weighted by Gasteiger charge is -2.12. The average molecular weight is 362 g/mol. The van der Waals surface area contributed by atoms with Gasteiger partial charge in [-0.3, -0.25) is 0 Å². The summed E-state index contributed by atoms with van der Waals surface area (Å²) >= 11 is 0. The molecule has 0 bridgehead atoms. The van der Waals surface area contributed by atoms with Crippen molar-refractivity contribution in [1.82, 2.24) is 9.97 Å². The Balaban J connectivity index is 1.53. The van der Waals surface area contributed by atoms with E-state index in [1.807, 2.05) is 18.2 Å². The summed E-state index contributed by atoms with van der Waals surface area (Å²) in [5, 5.41) is 6.36. The number of hydrogen-bond donors (Lipinski definition) is 2. The number of nitrogens with zero attached hydrogens (tertiary/aromatic N) is 2. The predicted octanol–water partition coefficient (Wildman–Crippen LogP) is 1.74. The number of benzene rings is 1. The number of anilines is 2. The van der Waals surface area contributed by atoms with E-state index in [-0.39, 0.29) is 17.5 Å². The first-order chi connectivity index (χ1) is 12.0. The van der Waals surface area contributed by atoms with Crippen LogP contribution < -0.4 is 15.4 Å². The van der Waals surface area contributed by atoms with E-state index in [2.05, 4.69) is 26.7 Å². The van der Waals surface area contributed by atoms with E-state index in [1.54, 1.807) is 19.4 Å². The van der Waals surface area contributed by atoms with Crippen molar-refractivity contribution in [2.75, 3.05) is 35.8 Å². The van der Waals surface area contributed by atoms with E-state index >= 15 is 0 Å². The van der Waals surface area contributed by atoms with Crippen LogP contribution in [0.4, 0.5) is 11.8 Å². The maximum atomic E-state index is 11.5. The van der Waals surface area contributed by atoms with E-state index in [9.17, 15) is 8.42 Å². The van der Waals surface area contributed by atoms with Gasteiger partial charge in [0.05, 0.1) is 18.6 Å². The molecule has 2 heterocycles. The fraction of sp³-hybridized carbons (Fsp3) is 0.412. The predicted molar refractivity (Wildman–Crippen MR) is 97.9 cm³/mol. The van der Waals surface area contributed by atoms with Crippen molar-refractivity contribution in [3.05, 3.63) is 42.1 Å². The van der Waals surface area contributed by atoms with Crippen LogP contribution >= 0.6 is 0 Å². The first-order valence-electron chi connectivity index (χ1n) is 8.21. The highest BCUT2D eigenvalue weighted by Crippen LogP contribution is 2.16. The van der Waals surface area contributed by atoms with Gasteiger partial charge in [-0.1, -0.05) is 12.1 Å². The molecule has 3 rings (SSSR count). The SMILES string of the molecule is COc1cccc(CCNc2ccnc(NC3CCS(=O)(=O)C3)n2)c1. The monoisotopic (exact) mass is 362 g/mol. The molecule has 0 aliphatic carbocycles. The lowest BCUT2D eigenvalue weighted by Crippen LogP contribution is -2.22. The molecule has 1 atom stereocenters. The summed E-state index contributed by atoms with van der Waals surface area (Å²) in [7, 11) is -1.27. The van der Waals surface area contributed by atoms with Gasteiger partial charge in [0.2, 0.25) is 5.95 Å². The Bertz CT molecular complexity index is 826. The summed E-state index contributed by atoms with van der Waals surface area (Å²) in [4.78, 5) is 8.56. The fourth-order valence-corrected chi connectivity index (χ4v) is 4.45. The van der Waals surface area contributed by atoms with Crippen LogP contribution in [0.15, 0.2) is 36.5 Å². The number of aromatic nitrogens is 2. The zero-order valence-electron chi connectivity index (χ0n) is 14.1. The van der Waals surface area contributed by atoms with Crippen molar-refractivity contribution in [2.24, 2.45) is 0 Å². The highest BCUT2D eigenvalue weighted by molar-refractivity contribution is 7.91. The second-order valence-electron chi connectivity index (χ2n) is 6.04. The lowest BCUT2D eigenvalue weighted by atomic mass is 10.1. The Hall–Kier alpha value is -2.35. The molecule has 1 fully saturated rings. The van der Waals surface area contributed by atoms with Gasteiger partial charge in [0.25, 0.3) is 0 Å². The third-order valence-corrected chi connectivity index (χ3v) is 5.84. The van der Waals surface area contributed by atoms with E-state index < -0.39 is 9.84 Å². The Kier molecular flexibility index (Phi) is 5.37. The Morgan fingerprint density at radius 3 is 2.96 bits per heavy atom. The molecule has 2 aromatic rings. The normalized spacial score (nSPS) is 18.7. The minimum Gasteiger partial charge on any atom is -0.497 e. The van der Waals surface area contributed by atoms with Crippen molar-refractivity contribution in [3.63, 3.8) is 0 Å². The maximum absolute atomic E-state index is 11.5. The highest BCUT2D eigenvalue weighted by Gasteiger charge is 2.28. The Labute approximate surface area is 147 Å². The minimum absolute atomic E-state index is 0.114. The summed E-state index contributed by atoms with van der Waals surface area (Å²) < 4.78 is 28.3. The van der Waals surface area contributed by atoms with Crippen molar-refractivity contribution < 1.29 is 13.2 Å². The summed E-state index contributed by atoms with van der Waals surface area (Å²) in [5.41, 5.74) is 1.18. The summed E-state index contributed by atoms with van der Waals surface area (Å²) in [6, 6.07) is 9.63. The topological polar surface area (TPSA) is 93.2 Å². The zero-order chi connectivity index (χ0) is 17.7. The third kappa shape index (κ3) is 5.06. The van der Waals surface area contributed by atoms with E-state index in [4.69, 9.17) is 4.74 Å². The lowest BCUT2D eigenvalue weighted by molar-refractivity contribution is 0.414. The van der Waals surface area contributed by atoms with Crippen LogP contribution in [0, 0.1) is 0 Å². The van der Waals surface area contributed by atoms with Gasteiger partial charge in [-0.15, -0.1) is 0 Å². The number of nitrogens with one attached hydrogen (secondary N) is 2. The number of rotatable bonds is 7. The molecule has 134 valence electrons. The average Bonchev–Trinajstić information content (AvgIpc) is 2.94. The van der Waals surface area contributed by atoms with Crippen molar-refractivity contribution >= 4 is 21.6 Å². The van der Waals surface area contributed by atoms with Crippen molar-refractivity contribution in [3.8, 4) is 5.75 Å². The molecule has 0 saturated carbocycles. The van der Waals surface area contributed by atoms with Crippen LogP contribution in [0.2, 0.25) is 0 Å². The van der Waals surface area contributed by atoms with Gasteiger partial charge in [0, 0.05) is 18.8 Å². The van der Waals surface area contributed by atoms with Crippen LogP contribution in [0.5, 0.6) is 5.75 Å². The van der Waals surface area contributed by atoms with Crippen LogP contribution in [0.1, 0.15) is 12.0 Å². The summed E-state index contributed by atoms with van der Waals surface area (Å²) in [6.07, 6.45) is 3.09. The van der Waals surface area contributed by atoms with Crippen molar-refractivity contribution in [1.29, 1.82) is 0 Å². The van der Waals surface area contributed by atoms with Crippen LogP contribution in [0.3, 0.4) is 0 Å². The maximum Gasteiger partial charge on any atom is 0.224 e. The molecular weight excluding hydrogens is 340 g/mol. The van der Waals surface area contributed by atoms with Gasteiger partial charge in [-0.05, 0) is 36.6 Å². The third-order valence-electron chi connectivity index (χ3n) is 4.08. The van der Waals surface area contributed by atoms with Crippen LogP contribution in [-0.4, -0.2) is 49.6 Å². The molecule has 7 nitrogen and oxygen atoms in total. The second kappa shape index (κ2) is 7.69. The highest BCUT2D eigenvalue weighted by atomic mass is 32.2. The Morgan fingerprint density at radius 1 is 1.32 bits per heavy atom. The Morgan fingerprint density at radius 2 is 2.20 bits per heavy atom. The minimum atomic E-state index is -2.92. The largest absolute Gasteiger partial charge is 0.497 e. The van der Waals surface area contributed by atoms with Crippen molar-refractivity contribution in [2.45, 2.75) is 18.9 Å². The van der Waals surface area contributed by atoms with Gasteiger partial charge < -0.3 is 15.4 Å². The number of sulfone groups is 1. The standard InChI is InChI=1S/C17H22N4O3S/c1-24-15-4-2-3-13(11-15)5-8-18-16-6-9-19-17(21-16)20-14-7-10-25(22,23)12-14/h2-4,6,9,11,14H,5,7-8,10,12H2,1H3,(H2,18,19,20,21). The summed E-state index contributed by atoms with van der Waals surface area (Å²) in [5.74, 6) is 2.37. The first kappa shape index (κ1) is 17.5. The summed E-state index contributed by atoms with van der Waals surface area (Å²) in [6.45, 7) is 0.724. The molecular formula is C17H22N4O3S. The number of methoxy groups -OCH3 is 1. The molecule has 2 N–H and O–H groups in total. The van der Waals surface area contributed by atoms with E-state index in [0.29, 0.717) is 18.2 Å². The van der Waals surface area contributed by atoms with E-state index in [1.165, 1.54) is 5.56 Å². The molecule has 0 spiro atoms. The molecule has 25 heavy (non-hydrogen) atoms. The van der Waals surface area contributed by atoms with Crippen LogP contribution in [-0.2, 0) is 16.3 Å². The number of hydrogen-bond acceptors (Lipinski definition) is 7. The zero-order valence-corrected chi connectivity index (χ0v) is 14.9. The fourth-order valence-electron chi connectivity index (χ4n) is 2.78. The molecule has 1 aromatic carbocycles. The van der Waals surface area contributed by atoms with Gasteiger partial charge in [-0.25, -0.2) is 13.4 Å². The van der Waals surface area contributed by atoms with Gasteiger partial charge in [0.1, 0.15) is 11.6 Å². The van der Waals surface area contributed by atoms with Gasteiger partial charge >= 0.3 is 0 Å². The second-order valence-corrected chi connectivity index (χ2v) is 8.27. The molecule has 1 aromatic heterocycles. The van der Waals surface area contributed by atoms with Gasteiger partial charge in [-0.2, -0.15) is 4.98 Å². The number of ether oxygens (including phenoxy) is 1. The molecule has 0 radical (unpaired) electrons. The molecule has 1 aliphatic heterocycles. The molecule has 1 unspecified atom stereocenters. The van der Waals surface area contributed by atoms with Crippen LogP contribution in [0.25, 0.3) is 0 Å². The van der Waals surface area contributed by atoms with Gasteiger partial charge in [0.15, 0.2) is 9.84 Å². The quantitative estimate of drug-likeness (QED) is 0.775. The molecule has 0 amide bonds. The smallest absolute Gasteiger partial charge is 0.224 e. The molecule has 1 saturated heterocycles. The van der Waals surface area contributed by atoms with E-state index in [0.717, 1.165) is 18.7 Å². The molecule has 1 aliphatic rings.